The number of rotatable bonds is 1. The van der Waals surface area contributed by atoms with Crippen molar-refractivity contribution >= 4 is 16.6 Å². The molecule has 0 aliphatic heterocycles. The molecule has 0 aliphatic rings. The lowest BCUT2D eigenvalue weighted by atomic mass is 10.2. The van der Waals surface area contributed by atoms with Crippen molar-refractivity contribution in [1.82, 2.24) is 10.2 Å². The number of hydrogen-bond acceptors (Lipinski definition) is 4. The van der Waals surface area contributed by atoms with Gasteiger partial charge in [0.15, 0.2) is 5.52 Å². The minimum atomic E-state index is -0.461. The molecular formula is C8H5N3O2. The Morgan fingerprint density at radius 3 is 2.92 bits per heavy atom. The highest BCUT2D eigenvalue weighted by molar-refractivity contribution is 5.86. The van der Waals surface area contributed by atoms with Crippen LogP contribution in [0.5, 0.6) is 0 Å². The van der Waals surface area contributed by atoms with Crippen LogP contribution < -0.4 is 0 Å². The molecule has 0 atom stereocenters. The first-order chi connectivity index (χ1) is 6.29. The van der Waals surface area contributed by atoms with E-state index in [-0.39, 0.29) is 5.69 Å². The van der Waals surface area contributed by atoms with Gasteiger partial charge in [0, 0.05) is 11.5 Å². The van der Waals surface area contributed by atoms with Gasteiger partial charge in [-0.2, -0.15) is 5.10 Å². The van der Waals surface area contributed by atoms with Gasteiger partial charge < -0.3 is 0 Å². The molecule has 0 aliphatic carbocycles. The first-order valence-electron chi connectivity index (χ1n) is 3.64. The van der Waals surface area contributed by atoms with Crippen LogP contribution in [0.2, 0.25) is 0 Å². The number of nitrogens with zero attached hydrogens (tertiary/aromatic N) is 3. The Balaban J connectivity index is 2.83. The monoisotopic (exact) mass is 175 g/mol. The Morgan fingerprint density at radius 2 is 2.15 bits per heavy atom. The zero-order valence-electron chi connectivity index (χ0n) is 6.54. The third kappa shape index (κ3) is 1.20. The standard InChI is InChI=1S/C8H5N3O2/c12-11(13)7-3-1-2-6-4-5-9-10-8(6)7/h1-5H. The smallest absolute Gasteiger partial charge is 0.258 e. The number of benzene rings is 1. The van der Waals surface area contributed by atoms with E-state index in [4.69, 9.17) is 0 Å². The minimum absolute atomic E-state index is 0.00870. The number of hydrogen-bond donors (Lipinski definition) is 0. The van der Waals surface area contributed by atoms with Crippen LogP contribution >= 0.6 is 0 Å². The maximum absolute atomic E-state index is 10.6. The summed E-state index contributed by atoms with van der Waals surface area (Å²) in [5.41, 5.74) is 0.320. The Bertz CT molecular complexity index is 464. The number of non-ortho nitro benzene ring substituents is 1. The fourth-order valence-electron chi connectivity index (χ4n) is 1.14. The molecule has 0 spiro atoms. The van der Waals surface area contributed by atoms with Crippen LogP contribution in [0.15, 0.2) is 30.5 Å². The third-order valence-corrected chi connectivity index (χ3v) is 1.72. The molecule has 2 aromatic rings. The van der Waals surface area contributed by atoms with Crippen molar-refractivity contribution in [2.75, 3.05) is 0 Å². The number of fused-ring (bicyclic) bond motifs is 1. The van der Waals surface area contributed by atoms with Gasteiger partial charge >= 0.3 is 0 Å². The van der Waals surface area contributed by atoms with Crippen molar-refractivity contribution in [2.45, 2.75) is 0 Å². The Kier molecular flexibility index (Phi) is 1.63. The van der Waals surface area contributed by atoms with Gasteiger partial charge in [-0.25, -0.2) is 0 Å². The van der Waals surface area contributed by atoms with Crippen molar-refractivity contribution in [1.29, 1.82) is 0 Å². The first-order valence-corrected chi connectivity index (χ1v) is 3.64. The molecule has 1 aromatic carbocycles. The average Bonchev–Trinajstić information content (AvgIpc) is 2.17. The van der Waals surface area contributed by atoms with E-state index in [1.165, 1.54) is 12.3 Å². The fourth-order valence-corrected chi connectivity index (χ4v) is 1.14. The predicted molar refractivity (Wildman–Crippen MR) is 46.2 cm³/mol. The summed E-state index contributed by atoms with van der Waals surface area (Å²) in [4.78, 5) is 10.1. The minimum Gasteiger partial charge on any atom is -0.258 e. The van der Waals surface area contributed by atoms with Crippen molar-refractivity contribution in [3.63, 3.8) is 0 Å². The molecule has 5 heteroatoms. The fraction of sp³-hybridized carbons (Fsp3) is 0. The number of aromatic nitrogens is 2. The van der Waals surface area contributed by atoms with Crippen molar-refractivity contribution in [2.24, 2.45) is 0 Å². The molecule has 0 bridgehead atoms. The van der Waals surface area contributed by atoms with Crippen LogP contribution in [-0.2, 0) is 0 Å². The molecule has 0 unspecified atom stereocenters. The normalized spacial score (nSPS) is 10.2. The molecule has 1 aromatic heterocycles. The summed E-state index contributed by atoms with van der Waals surface area (Å²) < 4.78 is 0. The molecule has 0 fully saturated rings. The molecule has 2 rings (SSSR count). The van der Waals surface area contributed by atoms with Crippen molar-refractivity contribution < 1.29 is 4.92 Å². The highest BCUT2D eigenvalue weighted by Gasteiger charge is 2.11. The SMILES string of the molecule is O=[N+]([O-])c1cccc2ccnnc12. The van der Waals surface area contributed by atoms with Gasteiger partial charge in [0.25, 0.3) is 5.69 Å². The Morgan fingerprint density at radius 1 is 1.31 bits per heavy atom. The zero-order chi connectivity index (χ0) is 9.26. The van der Waals surface area contributed by atoms with E-state index >= 15 is 0 Å². The molecule has 0 radical (unpaired) electrons. The van der Waals surface area contributed by atoms with Crippen LogP contribution in [0.3, 0.4) is 0 Å². The number of nitro benzene ring substituents is 1. The second-order valence-corrected chi connectivity index (χ2v) is 2.50. The van der Waals surface area contributed by atoms with Crippen LogP contribution in [0.25, 0.3) is 10.9 Å². The van der Waals surface area contributed by atoms with E-state index in [1.807, 2.05) is 0 Å². The van der Waals surface area contributed by atoms with E-state index in [9.17, 15) is 10.1 Å². The molecular weight excluding hydrogens is 170 g/mol. The van der Waals surface area contributed by atoms with Gasteiger partial charge in [-0.15, -0.1) is 5.10 Å². The Labute approximate surface area is 73.2 Å². The highest BCUT2D eigenvalue weighted by atomic mass is 16.6. The maximum atomic E-state index is 10.6. The lowest BCUT2D eigenvalue weighted by Crippen LogP contribution is -1.91. The van der Waals surface area contributed by atoms with Crippen LogP contribution in [0, 0.1) is 10.1 Å². The van der Waals surface area contributed by atoms with Crippen molar-refractivity contribution in [3.8, 4) is 0 Å². The topological polar surface area (TPSA) is 68.9 Å². The lowest BCUT2D eigenvalue weighted by Gasteiger charge is -1.95. The molecule has 5 nitrogen and oxygen atoms in total. The van der Waals surface area contributed by atoms with Crippen LogP contribution in [0.4, 0.5) is 5.69 Å². The molecule has 0 N–H and O–H groups in total. The van der Waals surface area contributed by atoms with Crippen LogP contribution in [-0.4, -0.2) is 15.1 Å². The van der Waals surface area contributed by atoms with Crippen LogP contribution in [0.1, 0.15) is 0 Å². The molecule has 0 amide bonds. The number of nitro groups is 1. The van der Waals surface area contributed by atoms with E-state index in [1.54, 1.807) is 18.2 Å². The van der Waals surface area contributed by atoms with Gasteiger partial charge in [0.05, 0.1) is 11.1 Å². The summed E-state index contributed by atoms with van der Waals surface area (Å²) in [5, 5.41) is 18.6. The summed E-state index contributed by atoms with van der Waals surface area (Å²) in [7, 11) is 0. The summed E-state index contributed by atoms with van der Waals surface area (Å²) in [5.74, 6) is 0. The largest absolute Gasteiger partial charge is 0.297 e. The third-order valence-electron chi connectivity index (χ3n) is 1.72. The highest BCUT2D eigenvalue weighted by Crippen LogP contribution is 2.21. The van der Waals surface area contributed by atoms with E-state index < -0.39 is 4.92 Å². The van der Waals surface area contributed by atoms with E-state index in [2.05, 4.69) is 10.2 Å². The molecule has 13 heavy (non-hydrogen) atoms. The van der Waals surface area contributed by atoms with Gasteiger partial charge in [-0.1, -0.05) is 12.1 Å². The summed E-state index contributed by atoms with van der Waals surface area (Å²) in [6, 6.07) is 6.49. The predicted octanol–water partition coefficient (Wildman–Crippen LogP) is 1.54. The maximum Gasteiger partial charge on any atom is 0.297 e. The van der Waals surface area contributed by atoms with Gasteiger partial charge in [0.2, 0.25) is 0 Å². The van der Waals surface area contributed by atoms with E-state index in [0.29, 0.717) is 5.52 Å². The summed E-state index contributed by atoms with van der Waals surface area (Å²) >= 11 is 0. The second-order valence-electron chi connectivity index (χ2n) is 2.50. The second kappa shape index (κ2) is 2.78. The average molecular weight is 175 g/mol. The summed E-state index contributed by atoms with van der Waals surface area (Å²) in [6.45, 7) is 0. The Hall–Kier alpha value is -2.04. The quantitative estimate of drug-likeness (QED) is 0.487. The molecule has 64 valence electrons. The van der Waals surface area contributed by atoms with Gasteiger partial charge in [0.1, 0.15) is 0 Å². The summed E-state index contributed by atoms with van der Waals surface area (Å²) in [6.07, 6.45) is 1.51. The van der Waals surface area contributed by atoms with E-state index in [0.717, 1.165) is 5.39 Å². The van der Waals surface area contributed by atoms with Crippen molar-refractivity contribution in [3.05, 3.63) is 40.6 Å². The molecule has 0 saturated carbocycles. The first kappa shape index (κ1) is 7.60. The van der Waals surface area contributed by atoms with Gasteiger partial charge in [-0.05, 0) is 6.07 Å². The lowest BCUT2D eigenvalue weighted by molar-refractivity contribution is -0.383. The molecule has 1 heterocycles. The zero-order valence-corrected chi connectivity index (χ0v) is 6.54. The van der Waals surface area contributed by atoms with Gasteiger partial charge in [-0.3, -0.25) is 10.1 Å². The molecule has 0 saturated heterocycles.